The van der Waals surface area contributed by atoms with Crippen LogP contribution in [0.1, 0.15) is 24.3 Å². The quantitative estimate of drug-likeness (QED) is 0.695. The van der Waals surface area contributed by atoms with E-state index in [1.165, 1.54) is 20.8 Å². The third kappa shape index (κ3) is 3.46. The predicted molar refractivity (Wildman–Crippen MR) is 93.1 cm³/mol. The molecule has 2 heterocycles. The molecule has 26 heavy (non-hydrogen) atoms. The van der Waals surface area contributed by atoms with Gasteiger partial charge in [-0.05, 0) is 39.0 Å². The summed E-state index contributed by atoms with van der Waals surface area (Å²) in [6.07, 6.45) is 0. The Balaban J connectivity index is 1.74. The minimum absolute atomic E-state index is 0.0587. The number of carbonyl (C=O) groups is 1. The number of carbonyl (C=O) groups excluding carboxylic acids is 1. The van der Waals surface area contributed by atoms with Crippen LogP contribution in [0.3, 0.4) is 0 Å². The molecule has 0 radical (unpaired) electrons. The molecule has 2 aromatic heterocycles. The van der Waals surface area contributed by atoms with Crippen LogP contribution in [-0.2, 0) is 14.8 Å². The van der Waals surface area contributed by atoms with Crippen LogP contribution in [0.25, 0.3) is 11.1 Å². The van der Waals surface area contributed by atoms with Crippen molar-refractivity contribution < 1.29 is 22.2 Å². The topological polar surface area (TPSA) is 127 Å². The van der Waals surface area contributed by atoms with Crippen molar-refractivity contribution in [3.63, 3.8) is 0 Å². The van der Waals surface area contributed by atoms with Crippen LogP contribution < -0.4 is 10.0 Å². The van der Waals surface area contributed by atoms with E-state index in [9.17, 15) is 13.2 Å². The second-order valence-corrected chi connectivity index (χ2v) is 7.55. The normalized spacial score (nSPS) is 13.1. The zero-order valence-electron chi connectivity index (χ0n) is 14.7. The Kier molecular flexibility index (Phi) is 4.55. The Bertz CT molecular complexity index is 1060. The van der Waals surface area contributed by atoms with Crippen LogP contribution in [-0.4, -0.2) is 30.5 Å². The van der Waals surface area contributed by atoms with Gasteiger partial charge in [-0.1, -0.05) is 5.16 Å². The maximum Gasteiger partial charge on any atom is 0.246 e. The number of anilines is 1. The molecule has 0 unspecified atom stereocenters. The summed E-state index contributed by atoms with van der Waals surface area (Å²) in [7, 11) is -3.94. The fourth-order valence-electron chi connectivity index (χ4n) is 2.57. The van der Waals surface area contributed by atoms with Gasteiger partial charge in [0.05, 0.1) is 6.04 Å². The van der Waals surface area contributed by atoms with Gasteiger partial charge in [-0.15, -0.1) is 0 Å². The molecule has 3 rings (SSSR count). The number of hydrogen-bond donors (Lipinski definition) is 2. The summed E-state index contributed by atoms with van der Waals surface area (Å²) in [4.78, 5) is 16.5. The van der Waals surface area contributed by atoms with Crippen LogP contribution >= 0.6 is 0 Å². The van der Waals surface area contributed by atoms with Gasteiger partial charge in [0, 0.05) is 12.6 Å². The molecule has 0 aliphatic carbocycles. The van der Waals surface area contributed by atoms with Crippen molar-refractivity contribution in [3.8, 4) is 0 Å². The molecule has 0 saturated carbocycles. The summed E-state index contributed by atoms with van der Waals surface area (Å²) in [6.45, 7) is 6.19. The van der Waals surface area contributed by atoms with Crippen molar-refractivity contribution in [3.05, 3.63) is 35.5 Å². The molecule has 0 bridgehead atoms. The SMILES string of the molecule is Cc1nc2cc(NC(=O)[C@H](C)NS(=O)(=O)c3c(C)noc3C)ccc2o1. The van der Waals surface area contributed by atoms with E-state index in [0.29, 0.717) is 22.7 Å². The molecule has 0 aliphatic rings. The van der Waals surface area contributed by atoms with Gasteiger partial charge >= 0.3 is 0 Å². The summed E-state index contributed by atoms with van der Waals surface area (Å²) < 4.78 is 37.5. The second kappa shape index (κ2) is 6.54. The number of oxazole rings is 1. The molecule has 1 aromatic carbocycles. The number of fused-ring (bicyclic) bond motifs is 1. The first kappa shape index (κ1) is 18.1. The molecule has 1 atom stereocenters. The maximum absolute atomic E-state index is 12.5. The molecule has 9 nitrogen and oxygen atoms in total. The molecule has 1 amide bonds. The van der Waals surface area contributed by atoms with Gasteiger partial charge in [-0.2, -0.15) is 4.72 Å². The van der Waals surface area contributed by atoms with Gasteiger partial charge in [-0.25, -0.2) is 13.4 Å². The molecular formula is C16H18N4O5S. The molecule has 2 N–H and O–H groups in total. The van der Waals surface area contributed by atoms with Gasteiger partial charge in [-0.3, -0.25) is 4.79 Å². The average molecular weight is 378 g/mol. The Morgan fingerprint density at radius 1 is 1.23 bits per heavy atom. The zero-order chi connectivity index (χ0) is 19.1. The summed E-state index contributed by atoms with van der Waals surface area (Å²) in [5.41, 5.74) is 1.92. The van der Waals surface area contributed by atoms with Crippen LogP contribution in [0.5, 0.6) is 0 Å². The Morgan fingerprint density at radius 2 is 1.96 bits per heavy atom. The van der Waals surface area contributed by atoms with Gasteiger partial charge in [0.15, 0.2) is 17.2 Å². The fraction of sp³-hybridized carbons (Fsp3) is 0.312. The number of rotatable bonds is 5. The smallest absolute Gasteiger partial charge is 0.246 e. The van der Waals surface area contributed by atoms with Crippen molar-refractivity contribution in [1.82, 2.24) is 14.9 Å². The van der Waals surface area contributed by atoms with Gasteiger partial charge in [0.2, 0.25) is 15.9 Å². The fourth-order valence-corrected chi connectivity index (χ4v) is 4.11. The van der Waals surface area contributed by atoms with Crippen LogP contribution in [0.2, 0.25) is 0 Å². The lowest BCUT2D eigenvalue weighted by atomic mass is 10.2. The van der Waals surface area contributed by atoms with Crippen molar-refractivity contribution >= 4 is 32.7 Å². The third-order valence-corrected chi connectivity index (χ3v) is 5.51. The van der Waals surface area contributed by atoms with Crippen LogP contribution in [0.4, 0.5) is 5.69 Å². The summed E-state index contributed by atoms with van der Waals surface area (Å²) in [5.74, 6) is 0.165. The monoisotopic (exact) mass is 378 g/mol. The highest BCUT2D eigenvalue weighted by Crippen LogP contribution is 2.21. The molecule has 0 aliphatic heterocycles. The molecular weight excluding hydrogens is 360 g/mol. The molecule has 0 fully saturated rings. The largest absolute Gasteiger partial charge is 0.441 e. The first-order valence-electron chi connectivity index (χ1n) is 7.80. The van der Waals surface area contributed by atoms with E-state index in [4.69, 9.17) is 8.94 Å². The highest BCUT2D eigenvalue weighted by atomic mass is 32.2. The van der Waals surface area contributed by atoms with Crippen molar-refractivity contribution in [2.45, 2.75) is 38.6 Å². The van der Waals surface area contributed by atoms with Gasteiger partial charge < -0.3 is 14.3 Å². The first-order valence-corrected chi connectivity index (χ1v) is 9.29. The number of hydrogen-bond acceptors (Lipinski definition) is 7. The lowest BCUT2D eigenvalue weighted by molar-refractivity contribution is -0.117. The highest BCUT2D eigenvalue weighted by Gasteiger charge is 2.28. The zero-order valence-corrected chi connectivity index (χ0v) is 15.5. The molecule has 0 saturated heterocycles. The molecule has 3 aromatic rings. The minimum Gasteiger partial charge on any atom is -0.441 e. The number of aryl methyl sites for hydroxylation is 3. The number of aromatic nitrogens is 2. The van der Waals surface area contributed by atoms with E-state index in [-0.39, 0.29) is 16.3 Å². The van der Waals surface area contributed by atoms with Crippen LogP contribution in [0.15, 0.2) is 32.0 Å². The average Bonchev–Trinajstić information content (AvgIpc) is 3.07. The number of nitrogens with one attached hydrogen (secondary N) is 2. The molecule has 0 spiro atoms. The predicted octanol–water partition coefficient (Wildman–Crippen LogP) is 2.05. The Hall–Kier alpha value is -2.72. The van der Waals surface area contributed by atoms with Crippen molar-refractivity contribution in [2.75, 3.05) is 5.32 Å². The van der Waals surface area contributed by atoms with Crippen molar-refractivity contribution in [1.29, 1.82) is 0 Å². The number of nitrogens with zero attached hydrogens (tertiary/aromatic N) is 2. The second-order valence-electron chi connectivity index (χ2n) is 5.90. The van der Waals surface area contributed by atoms with E-state index in [1.54, 1.807) is 25.1 Å². The van der Waals surface area contributed by atoms with E-state index in [0.717, 1.165) is 0 Å². The summed E-state index contributed by atoms with van der Waals surface area (Å²) in [6, 6.07) is 3.98. The van der Waals surface area contributed by atoms with E-state index in [2.05, 4.69) is 20.2 Å². The minimum atomic E-state index is -3.94. The van der Waals surface area contributed by atoms with Crippen LogP contribution in [0, 0.1) is 20.8 Å². The molecule has 138 valence electrons. The summed E-state index contributed by atoms with van der Waals surface area (Å²) in [5, 5.41) is 6.28. The Labute approximate surface area is 149 Å². The van der Waals surface area contributed by atoms with Crippen molar-refractivity contribution in [2.24, 2.45) is 0 Å². The number of sulfonamides is 1. The van der Waals surface area contributed by atoms with E-state index >= 15 is 0 Å². The molecule has 10 heteroatoms. The Morgan fingerprint density at radius 3 is 2.62 bits per heavy atom. The van der Waals surface area contributed by atoms with Gasteiger partial charge in [0.1, 0.15) is 16.1 Å². The van der Waals surface area contributed by atoms with E-state index < -0.39 is 22.0 Å². The third-order valence-electron chi connectivity index (χ3n) is 3.72. The lowest BCUT2D eigenvalue weighted by Gasteiger charge is -2.14. The number of benzene rings is 1. The lowest BCUT2D eigenvalue weighted by Crippen LogP contribution is -2.41. The van der Waals surface area contributed by atoms with E-state index in [1.807, 2.05) is 0 Å². The number of amides is 1. The first-order chi connectivity index (χ1) is 12.2. The summed E-state index contributed by atoms with van der Waals surface area (Å²) >= 11 is 0. The maximum atomic E-state index is 12.5. The standard InChI is InChI=1S/C16H18N4O5S/c1-8-15(10(3)25-19-8)26(22,23)20-9(2)16(21)18-12-5-6-14-13(7-12)17-11(4)24-14/h5-7,9,20H,1-4H3,(H,18,21)/t9-/m0/s1. The van der Waals surface area contributed by atoms with Gasteiger partial charge in [0.25, 0.3) is 0 Å². The highest BCUT2D eigenvalue weighted by molar-refractivity contribution is 7.89.